The monoisotopic (exact) mass is 531 g/mol. The lowest BCUT2D eigenvalue weighted by atomic mass is 9.86. The van der Waals surface area contributed by atoms with Crippen LogP contribution in [0.3, 0.4) is 0 Å². The van der Waals surface area contributed by atoms with E-state index in [1.165, 1.54) is 27.4 Å². The normalized spacial score (nSPS) is 24.2. The minimum Gasteiger partial charge on any atom is -0.351 e. The number of sulfonamides is 1. The predicted octanol–water partition coefficient (Wildman–Crippen LogP) is 4.31. The van der Waals surface area contributed by atoms with Gasteiger partial charge in [0.1, 0.15) is 17.9 Å². The number of benzene rings is 1. The third-order valence-electron chi connectivity index (χ3n) is 7.71. The van der Waals surface area contributed by atoms with Gasteiger partial charge in [0.25, 0.3) is 0 Å². The van der Waals surface area contributed by atoms with Crippen LogP contribution in [0.2, 0.25) is 0 Å². The van der Waals surface area contributed by atoms with Crippen molar-refractivity contribution < 1.29 is 22.4 Å². The van der Waals surface area contributed by atoms with E-state index in [-0.39, 0.29) is 30.1 Å². The molecule has 1 heterocycles. The van der Waals surface area contributed by atoms with Crippen LogP contribution in [0.15, 0.2) is 47.6 Å². The molecule has 7 nitrogen and oxygen atoms in total. The maximum atomic E-state index is 14.5. The molecule has 3 aliphatic rings. The third-order valence-corrected chi connectivity index (χ3v) is 9.00. The zero-order valence-electron chi connectivity index (χ0n) is 22.0. The van der Waals surface area contributed by atoms with Crippen LogP contribution in [-0.4, -0.2) is 55.5 Å². The molecule has 1 aromatic carbocycles. The molecule has 3 atom stereocenters. The fraction of sp³-hybridized carbons (Fsp3) is 0.571. The Labute approximate surface area is 219 Å². The molecule has 2 aliphatic carbocycles. The van der Waals surface area contributed by atoms with Crippen LogP contribution in [0.25, 0.3) is 0 Å². The molecule has 1 aliphatic heterocycles. The summed E-state index contributed by atoms with van der Waals surface area (Å²) in [6, 6.07) is 3.65. The molecule has 4 rings (SSSR count). The van der Waals surface area contributed by atoms with E-state index in [0.717, 1.165) is 50.4 Å². The van der Waals surface area contributed by atoms with E-state index in [1.54, 1.807) is 6.07 Å². The Bertz CT molecular complexity index is 1190. The lowest BCUT2D eigenvalue weighted by Gasteiger charge is -2.38. The zero-order chi connectivity index (χ0) is 26.7. The van der Waals surface area contributed by atoms with Crippen molar-refractivity contribution in [3.05, 3.63) is 53.4 Å². The van der Waals surface area contributed by atoms with Gasteiger partial charge < -0.3 is 5.32 Å². The number of carbonyl (C=O) groups excluding carboxylic acids is 2. The molecule has 3 unspecified atom stereocenters. The molecule has 0 radical (unpaired) electrons. The maximum absolute atomic E-state index is 14.5. The number of anilines is 1. The molecule has 202 valence electrons. The Morgan fingerprint density at radius 3 is 2.54 bits per heavy atom. The number of allylic oxidation sites excluding steroid dienone is 2. The summed E-state index contributed by atoms with van der Waals surface area (Å²) < 4.78 is 40.7. The summed E-state index contributed by atoms with van der Waals surface area (Å²) in [5.41, 5.74) is 1.83. The smallest absolute Gasteiger partial charge is 0.248 e. The second kappa shape index (κ2) is 11.5. The summed E-state index contributed by atoms with van der Waals surface area (Å²) in [6.07, 6.45) is 11.8. The van der Waals surface area contributed by atoms with Crippen LogP contribution in [0, 0.1) is 11.7 Å². The largest absolute Gasteiger partial charge is 0.351 e. The highest BCUT2D eigenvalue weighted by molar-refractivity contribution is 7.88. The summed E-state index contributed by atoms with van der Waals surface area (Å²) in [7, 11) is -3.65. The Morgan fingerprint density at radius 1 is 1.14 bits per heavy atom. The van der Waals surface area contributed by atoms with Gasteiger partial charge in [0.15, 0.2) is 0 Å². The first-order valence-electron chi connectivity index (χ1n) is 13.3. The highest BCUT2D eigenvalue weighted by Gasteiger charge is 2.44. The van der Waals surface area contributed by atoms with Crippen molar-refractivity contribution in [1.82, 2.24) is 9.62 Å². The highest BCUT2D eigenvalue weighted by atomic mass is 32.2. The molecular weight excluding hydrogens is 493 g/mol. The van der Waals surface area contributed by atoms with E-state index in [4.69, 9.17) is 0 Å². The number of nitrogens with one attached hydrogen (secondary N) is 1. The molecule has 37 heavy (non-hydrogen) atoms. The van der Waals surface area contributed by atoms with Gasteiger partial charge in [-0.25, -0.2) is 12.8 Å². The quantitative estimate of drug-likeness (QED) is 0.568. The van der Waals surface area contributed by atoms with Crippen LogP contribution in [0.1, 0.15) is 65.2 Å². The SMILES string of the molecule is CC1=CCC(C)C=C1C(C(=O)NC1CCCCC1)N(C(=O)C1CCCN1S(C)(=O)=O)c1cccc(F)c1. The van der Waals surface area contributed by atoms with Crippen molar-refractivity contribution >= 4 is 27.5 Å². The van der Waals surface area contributed by atoms with E-state index < -0.39 is 33.8 Å². The number of rotatable bonds is 7. The Morgan fingerprint density at radius 2 is 1.86 bits per heavy atom. The van der Waals surface area contributed by atoms with E-state index in [9.17, 15) is 22.4 Å². The third kappa shape index (κ3) is 6.32. The lowest BCUT2D eigenvalue weighted by molar-refractivity contribution is -0.127. The van der Waals surface area contributed by atoms with Crippen LogP contribution < -0.4 is 10.2 Å². The minimum absolute atomic E-state index is 0.0121. The fourth-order valence-corrected chi connectivity index (χ4v) is 6.91. The number of amides is 2. The molecule has 1 saturated heterocycles. The minimum atomic E-state index is -3.65. The average Bonchev–Trinajstić information content (AvgIpc) is 3.35. The second-order valence-electron chi connectivity index (χ2n) is 10.7. The van der Waals surface area contributed by atoms with Crippen molar-refractivity contribution in [2.75, 3.05) is 17.7 Å². The van der Waals surface area contributed by atoms with Gasteiger partial charge in [0.2, 0.25) is 21.8 Å². The van der Waals surface area contributed by atoms with Gasteiger partial charge in [-0.05, 0) is 74.3 Å². The van der Waals surface area contributed by atoms with Gasteiger partial charge in [-0.1, -0.05) is 44.4 Å². The number of nitrogens with zero attached hydrogens (tertiary/aromatic N) is 2. The maximum Gasteiger partial charge on any atom is 0.248 e. The molecule has 0 spiro atoms. The topological polar surface area (TPSA) is 86.8 Å². The van der Waals surface area contributed by atoms with E-state index in [0.29, 0.717) is 18.4 Å². The summed E-state index contributed by atoms with van der Waals surface area (Å²) in [5.74, 6) is -1.20. The zero-order valence-corrected chi connectivity index (χ0v) is 22.8. The van der Waals surface area contributed by atoms with Crippen LogP contribution in [0.5, 0.6) is 0 Å². The van der Waals surface area contributed by atoms with Crippen molar-refractivity contribution in [2.24, 2.45) is 5.92 Å². The Hall–Kier alpha value is -2.52. The van der Waals surface area contributed by atoms with Crippen LogP contribution in [0.4, 0.5) is 10.1 Å². The van der Waals surface area contributed by atoms with Gasteiger partial charge in [-0.3, -0.25) is 14.5 Å². The van der Waals surface area contributed by atoms with E-state index >= 15 is 0 Å². The summed E-state index contributed by atoms with van der Waals surface area (Å²) >= 11 is 0. The fourth-order valence-electron chi connectivity index (χ4n) is 5.79. The van der Waals surface area contributed by atoms with Gasteiger partial charge in [-0.15, -0.1) is 0 Å². The van der Waals surface area contributed by atoms with E-state index in [1.807, 2.05) is 13.0 Å². The first-order valence-corrected chi connectivity index (χ1v) is 15.2. The summed E-state index contributed by atoms with van der Waals surface area (Å²) in [6.45, 7) is 4.21. The molecule has 0 aromatic heterocycles. The standard InChI is InChI=1S/C28H38FN3O4S/c1-19-14-15-20(2)24(17-19)26(27(33)30-22-10-5-4-6-11-22)32(23-12-7-9-21(29)18-23)28(34)25-13-8-16-31(25)37(3,35)36/h7,9,12,15,17-19,22,25-26H,4-6,8,10-11,13-14,16H2,1-3H3,(H,30,33). The number of carbonyl (C=O) groups is 2. The molecule has 2 amide bonds. The summed E-state index contributed by atoms with van der Waals surface area (Å²) in [4.78, 5) is 29.7. The molecule has 9 heteroatoms. The van der Waals surface area contributed by atoms with Crippen LogP contribution in [-0.2, 0) is 19.6 Å². The highest BCUT2D eigenvalue weighted by Crippen LogP contribution is 2.34. The lowest BCUT2D eigenvalue weighted by Crippen LogP contribution is -2.57. The van der Waals surface area contributed by atoms with Gasteiger partial charge >= 0.3 is 0 Å². The predicted molar refractivity (Wildman–Crippen MR) is 143 cm³/mol. The van der Waals surface area contributed by atoms with Crippen molar-refractivity contribution in [3.8, 4) is 0 Å². The molecule has 1 aromatic rings. The van der Waals surface area contributed by atoms with Crippen molar-refractivity contribution in [1.29, 1.82) is 0 Å². The number of hydrogen-bond donors (Lipinski definition) is 1. The van der Waals surface area contributed by atoms with Crippen molar-refractivity contribution in [2.45, 2.75) is 83.3 Å². The van der Waals surface area contributed by atoms with Crippen LogP contribution >= 0.6 is 0 Å². The van der Waals surface area contributed by atoms with E-state index in [2.05, 4.69) is 18.3 Å². The van der Waals surface area contributed by atoms with Crippen molar-refractivity contribution in [3.63, 3.8) is 0 Å². The molecule has 2 fully saturated rings. The molecule has 1 saturated carbocycles. The van der Waals surface area contributed by atoms with Gasteiger partial charge in [0, 0.05) is 18.3 Å². The first kappa shape index (κ1) is 27.5. The first-order chi connectivity index (χ1) is 17.6. The Kier molecular flexibility index (Phi) is 8.53. The number of hydrogen-bond acceptors (Lipinski definition) is 4. The number of halogens is 1. The molecular formula is C28H38FN3O4S. The average molecular weight is 532 g/mol. The summed E-state index contributed by atoms with van der Waals surface area (Å²) in [5, 5.41) is 3.18. The Balaban J connectivity index is 1.82. The van der Waals surface area contributed by atoms with Gasteiger partial charge in [-0.2, -0.15) is 4.31 Å². The van der Waals surface area contributed by atoms with Gasteiger partial charge in [0.05, 0.1) is 6.26 Å². The second-order valence-corrected chi connectivity index (χ2v) is 12.6. The molecule has 1 N–H and O–H groups in total. The molecule has 0 bridgehead atoms.